The predicted molar refractivity (Wildman–Crippen MR) is 73.9 cm³/mol. The standard InChI is InChI=1S/C12H19NO2S2/c1-4-11(10-16-3)13(2)17(14,15)12-8-6-5-7-9-12/h5-9,11H,4,10H2,1-3H3. The quantitative estimate of drug-likeness (QED) is 0.799. The van der Waals surface area contributed by atoms with Crippen molar-refractivity contribution in [3.05, 3.63) is 30.3 Å². The molecule has 1 aromatic rings. The Hall–Kier alpha value is -0.520. The van der Waals surface area contributed by atoms with Crippen molar-refractivity contribution in [1.29, 1.82) is 0 Å². The van der Waals surface area contributed by atoms with Crippen LogP contribution < -0.4 is 0 Å². The third kappa shape index (κ3) is 3.47. The number of sulfonamides is 1. The molecule has 0 radical (unpaired) electrons. The van der Waals surface area contributed by atoms with Gasteiger partial charge < -0.3 is 0 Å². The Labute approximate surface area is 108 Å². The summed E-state index contributed by atoms with van der Waals surface area (Å²) in [5, 5.41) is 0. The molecule has 0 fully saturated rings. The van der Waals surface area contributed by atoms with E-state index < -0.39 is 10.0 Å². The number of rotatable bonds is 6. The molecule has 0 saturated heterocycles. The second-order valence-corrected chi connectivity index (χ2v) is 6.76. The van der Waals surface area contributed by atoms with Gasteiger partial charge in [-0.15, -0.1) is 0 Å². The highest BCUT2D eigenvalue weighted by Gasteiger charge is 2.26. The van der Waals surface area contributed by atoms with Crippen LogP contribution in [0, 0.1) is 0 Å². The summed E-state index contributed by atoms with van der Waals surface area (Å²) in [7, 11) is -1.69. The van der Waals surface area contributed by atoms with Crippen molar-refractivity contribution in [1.82, 2.24) is 4.31 Å². The summed E-state index contributed by atoms with van der Waals surface area (Å²) in [6.07, 6.45) is 2.81. The van der Waals surface area contributed by atoms with Crippen molar-refractivity contribution in [2.45, 2.75) is 24.3 Å². The molecular formula is C12H19NO2S2. The van der Waals surface area contributed by atoms with E-state index in [4.69, 9.17) is 0 Å². The van der Waals surface area contributed by atoms with E-state index in [9.17, 15) is 8.42 Å². The van der Waals surface area contributed by atoms with Gasteiger partial charge in [0.25, 0.3) is 0 Å². The maximum atomic E-state index is 12.3. The fourth-order valence-electron chi connectivity index (χ4n) is 1.63. The largest absolute Gasteiger partial charge is 0.243 e. The van der Waals surface area contributed by atoms with Gasteiger partial charge in [0.15, 0.2) is 0 Å². The summed E-state index contributed by atoms with van der Waals surface area (Å²) < 4.78 is 26.1. The summed E-state index contributed by atoms with van der Waals surface area (Å²) in [5.41, 5.74) is 0. The van der Waals surface area contributed by atoms with Crippen molar-refractivity contribution >= 4 is 21.8 Å². The molecule has 0 amide bonds. The van der Waals surface area contributed by atoms with E-state index in [2.05, 4.69) is 0 Å². The molecule has 0 aliphatic rings. The molecule has 1 unspecified atom stereocenters. The van der Waals surface area contributed by atoms with Crippen LogP contribution in [-0.2, 0) is 10.0 Å². The molecule has 0 saturated carbocycles. The van der Waals surface area contributed by atoms with Crippen molar-refractivity contribution in [3.63, 3.8) is 0 Å². The molecular weight excluding hydrogens is 254 g/mol. The monoisotopic (exact) mass is 273 g/mol. The molecule has 0 aromatic heterocycles. The molecule has 0 aliphatic heterocycles. The second kappa shape index (κ2) is 6.42. The van der Waals surface area contributed by atoms with Crippen LogP contribution in [0.1, 0.15) is 13.3 Å². The van der Waals surface area contributed by atoms with E-state index >= 15 is 0 Å². The van der Waals surface area contributed by atoms with Crippen LogP contribution in [0.3, 0.4) is 0 Å². The van der Waals surface area contributed by atoms with E-state index in [1.54, 1.807) is 43.1 Å². The second-order valence-electron chi connectivity index (χ2n) is 3.85. The highest BCUT2D eigenvalue weighted by atomic mass is 32.2. The van der Waals surface area contributed by atoms with Gasteiger partial charge in [-0.3, -0.25) is 0 Å². The van der Waals surface area contributed by atoms with Gasteiger partial charge in [-0.2, -0.15) is 16.1 Å². The number of hydrogen-bond donors (Lipinski definition) is 0. The van der Waals surface area contributed by atoms with Crippen LogP contribution in [0.15, 0.2) is 35.2 Å². The molecule has 1 atom stereocenters. The predicted octanol–water partition coefficient (Wildman–Crippen LogP) is 2.45. The molecule has 0 spiro atoms. The van der Waals surface area contributed by atoms with Crippen LogP contribution in [0.4, 0.5) is 0 Å². The summed E-state index contributed by atoms with van der Waals surface area (Å²) >= 11 is 1.67. The molecule has 5 heteroatoms. The number of thioether (sulfide) groups is 1. The summed E-state index contributed by atoms with van der Waals surface area (Å²) in [4.78, 5) is 0.363. The Kier molecular flexibility index (Phi) is 5.49. The molecule has 17 heavy (non-hydrogen) atoms. The zero-order valence-corrected chi connectivity index (χ0v) is 12.1. The van der Waals surface area contributed by atoms with E-state index in [1.165, 1.54) is 4.31 Å². The van der Waals surface area contributed by atoms with Crippen LogP contribution in [-0.4, -0.2) is 37.8 Å². The van der Waals surface area contributed by atoms with E-state index in [0.29, 0.717) is 4.90 Å². The van der Waals surface area contributed by atoms with Crippen molar-refractivity contribution < 1.29 is 8.42 Å². The molecule has 96 valence electrons. The van der Waals surface area contributed by atoms with Crippen LogP contribution in [0.2, 0.25) is 0 Å². The van der Waals surface area contributed by atoms with Gasteiger partial charge >= 0.3 is 0 Å². The zero-order valence-electron chi connectivity index (χ0n) is 10.5. The minimum absolute atomic E-state index is 0.0511. The molecule has 0 bridgehead atoms. The number of benzene rings is 1. The van der Waals surface area contributed by atoms with Crippen LogP contribution in [0.5, 0.6) is 0 Å². The lowest BCUT2D eigenvalue weighted by Gasteiger charge is -2.25. The lowest BCUT2D eigenvalue weighted by Crippen LogP contribution is -2.38. The first-order chi connectivity index (χ1) is 8.04. The van der Waals surface area contributed by atoms with Gasteiger partial charge in [-0.1, -0.05) is 25.1 Å². The van der Waals surface area contributed by atoms with Gasteiger partial charge in [-0.05, 0) is 24.8 Å². The fraction of sp³-hybridized carbons (Fsp3) is 0.500. The first-order valence-electron chi connectivity index (χ1n) is 5.56. The molecule has 0 aliphatic carbocycles. The Balaban J connectivity index is 2.98. The highest BCUT2D eigenvalue weighted by Crippen LogP contribution is 2.19. The smallest absolute Gasteiger partial charge is 0.207 e. The average Bonchev–Trinajstić information content (AvgIpc) is 2.36. The Morgan fingerprint density at radius 3 is 2.35 bits per heavy atom. The minimum atomic E-state index is -3.35. The summed E-state index contributed by atoms with van der Waals surface area (Å²) in [5.74, 6) is 0.819. The van der Waals surface area contributed by atoms with Gasteiger partial charge in [0.05, 0.1) is 4.90 Å². The molecule has 1 aromatic carbocycles. The lowest BCUT2D eigenvalue weighted by atomic mass is 10.3. The SMILES string of the molecule is CCC(CSC)N(C)S(=O)(=O)c1ccccc1. The highest BCUT2D eigenvalue weighted by molar-refractivity contribution is 7.98. The van der Waals surface area contributed by atoms with Crippen molar-refractivity contribution in [3.8, 4) is 0 Å². The first kappa shape index (κ1) is 14.5. The van der Waals surface area contributed by atoms with Crippen LogP contribution >= 0.6 is 11.8 Å². The number of nitrogens with zero attached hydrogens (tertiary/aromatic N) is 1. The maximum absolute atomic E-state index is 12.3. The van der Waals surface area contributed by atoms with Gasteiger partial charge in [0.2, 0.25) is 10.0 Å². The average molecular weight is 273 g/mol. The summed E-state index contributed by atoms with van der Waals surface area (Å²) in [6, 6.07) is 8.63. The van der Waals surface area contributed by atoms with Gasteiger partial charge in [-0.25, -0.2) is 8.42 Å². The Bertz CT molecular complexity index is 431. The van der Waals surface area contributed by atoms with E-state index in [0.717, 1.165) is 12.2 Å². The lowest BCUT2D eigenvalue weighted by molar-refractivity contribution is 0.385. The minimum Gasteiger partial charge on any atom is -0.207 e. The Morgan fingerprint density at radius 1 is 1.29 bits per heavy atom. The molecule has 1 rings (SSSR count). The van der Waals surface area contributed by atoms with Crippen molar-refractivity contribution in [2.24, 2.45) is 0 Å². The Morgan fingerprint density at radius 2 is 1.88 bits per heavy atom. The maximum Gasteiger partial charge on any atom is 0.243 e. The topological polar surface area (TPSA) is 37.4 Å². The first-order valence-corrected chi connectivity index (χ1v) is 8.39. The third-order valence-electron chi connectivity index (χ3n) is 2.76. The van der Waals surface area contributed by atoms with E-state index in [1.807, 2.05) is 19.2 Å². The molecule has 0 heterocycles. The fourth-order valence-corrected chi connectivity index (χ4v) is 4.02. The molecule has 3 nitrogen and oxygen atoms in total. The summed E-state index contributed by atoms with van der Waals surface area (Å²) in [6.45, 7) is 2.01. The zero-order chi connectivity index (χ0) is 12.9. The van der Waals surface area contributed by atoms with Gasteiger partial charge in [0.1, 0.15) is 0 Å². The van der Waals surface area contributed by atoms with Crippen LogP contribution in [0.25, 0.3) is 0 Å². The van der Waals surface area contributed by atoms with E-state index in [-0.39, 0.29) is 6.04 Å². The normalized spacial score (nSPS) is 13.9. The number of hydrogen-bond acceptors (Lipinski definition) is 3. The third-order valence-corrected chi connectivity index (χ3v) is 5.41. The van der Waals surface area contributed by atoms with Gasteiger partial charge in [0, 0.05) is 18.8 Å². The van der Waals surface area contributed by atoms with Crippen molar-refractivity contribution in [2.75, 3.05) is 19.1 Å². The molecule has 0 N–H and O–H groups in total.